The fourth-order valence-corrected chi connectivity index (χ4v) is 4.92. The third-order valence-corrected chi connectivity index (χ3v) is 6.08. The fraction of sp³-hybridized carbons (Fsp3) is 0.600. The molecule has 1 aromatic carbocycles. The lowest BCUT2D eigenvalue weighted by Crippen LogP contribution is -2.43. The molecule has 0 spiro atoms. The molecule has 1 aromatic rings. The second-order valence-corrected chi connectivity index (χ2v) is 8.09. The molecule has 1 heterocycles. The number of sulfone groups is 1. The van der Waals surface area contributed by atoms with E-state index >= 15 is 0 Å². The molecule has 1 aliphatic heterocycles. The van der Waals surface area contributed by atoms with E-state index in [1.807, 2.05) is 38.1 Å². The summed E-state index contributed by atoms with van der Waals surface area (Å²) in [4.78, 5) is 0. The van der Waals surface area contributed by atoms with Crippen LogP contribution in [0, 0.1) is 0 Å². The zero-order valence-electron chi connectivity index (χ0n) is 12.6. The maximum Gasteiger partial charge on any atom is 0.155 e. The van der Waals surface area contributed by atoms with Crippen LogP contribution >= 0.6 is 0 Å². The van der Waals surface area contributed by atoms with Gasteiger partial charge in [-0.3, -0.25) is 11.3 Å². The van der Waals surface area contributed by atoms with Gasteiger partial charge < -0.3 is 4.74 Å². The smallest absolute Gasteiger partial charge is 0.155 e. The van der Waals surface area contributed by atoms with Gasteiger partial charge in [0.1, 0.15) is 5.75 Å². The summed E-state index contributed by atoms with van der Waals surface area (Å²) < 4.78 is 30.5. The van der Waals surface area contributed by atoms with Crippen LogP contribution in [0.4, 0.5) is 0 Å². The molecule has 2 rings (SSSR count). The summed E-state index contributed by atoms with van der Waals surface area (Å²) in [5.41, 5.74) is 3.51. The number of ether oxygens (including phenoxy) is 1. The summed E-state index contributed by atoms with van der Waals surface area (Å²) in [6, 6.07) is 7.05. The van der Waals surface area contributed by atoms with Crippen molar-refractivity contribution in [2.45, 2.75) is 50.5 Å². The summed E-state index contributed by atoms with van der Waals surface area (Å²) in [7, 11) is -3.13. The van der Waals surface area contributed by atoms with E-state index in [1.54, 1.807) is 0 Å². The van der Waals surface area contributed by atoms with E-state index in [0.717, 1.165) is 18.4 Å². The molecule has 1 saturated heterocycles. The molecule has 0 aliphatic carbocycles. The van der Waals surface area contributed by atoms with Crippen LogP contribution in [0.5, 0.6) is 5.75 Å². The summed E-state index contributed by atoms with van der Waals surface area (Å²) in [6.07, 6.45) is 2.30. The molecule has 0 bridgehead atoms. The van der Waals surface area contributed by atoms with E-state index in [1.165, 1.54) is 0 Å². The van der Waals surface area contributed by atoms with Gasteiger partial charge in [-0.1, -0.05) is 24.6 Å². The lowest BCUT2D eigenvalue weighted by atomic mass is 9.99. The first kappa shape index (κ1) is 16.3. The van der Waals surface area contributed by atoms with Gasteiger partial charge in [-0.25, -0.2) is 8.42 Å². The molecule has 1 aliphatic rings. The molecule has 0 saturated carbocycles. The number of nitrogens with two attached hydrogens (primary N) is 1. The second-order valence-electron chi connectivity index (χ2n) is 5.75. The van der Waals surface area contributed by atoms with Crippen LogP contribution in [-0.4, -0.2) is 25.5 Å². The molecule has 5 nitrogen and oxygen atoms in total. The van der Waals surface area contributed by atoms with Crippen LogP contribution in [-0.2, 0) is 9.84 Å². The number of hydrogen-bond donors (Lipinski definition) is 2. The Morgan fingerprint density at radius 3 is 2.62 bits per heavy atom. The van der Waals surface area contributed by atoms with Crippen molar-refractivity contribution in [1.29, 1.82) is 0 Å². The highest BCUT2D eigenvalue weighted by Gasteiger charge is 2.37. The van der Waals surface area contributed by atoms with Gasteiger partial charge in [0, 0.05) is 5.56 Å². The molecule has 3 N–H and O–H groups in total. The van der Waals surface area contributed by atoms with E-state index in [9.17, 15) is 8.42 Å². The Morgan fingerprint density at radius 2 is 2.00 bits per heavy atom. The molecule has 0 aromatic heterocycles. The quantitative estimate of drug-likeness (QED) is 0.641. The highest BCUT2D eigenvalue weighted by atomic mass is 32.2. The van der Waals surface area contributed by atoms with Crippen molar-refractivity contribution in [2.24, 2.45) is 5.84 Å². The molecule has 0 radical (unpaired) electrons. The summed E-state index contributed by atoms with van der Waals surface area (Å²) >= 11 is 0. The highest BCUT2D eigenvalue weighted by molar-refractivity contribution is 7.92. The van der Waals surface area contributed by atoms with Crippen molar-refractivity contribution in [2.75, 3.05) is 5.75 Å². The van der Waals surface area contributed by atoms with Crippen LogP contribution in [0.1, 0.15) is 44.7 Å². The van der Waals surface area contributed by atoms with Crippen LogP contribution in [0.3, 0.4) is 0 Å². The molecule has 118 valence electrons. The van der Waals surface area contributed by atoms with E-state index in [0.29, 0.717) is 12.2 Å². The minimum absolute atomic E-state index is 0.0209. The van der Waals surface area contributed by atoms with E-state index < -0.39 is 21.1 Å². The molecule has 21 heavy (non-hydrogen) atoms. The first-order valence-electron chi connectivity index (χ1n) is 7.39. The maximum absolute atomic E-state index is 12.4. The van der Waals surface area contributed by atoms with E-state index in [2.05, 4.69) is 5.43 Å². The number of hydrogen-bond acceptors (Lipinski definition) is 5. The lowest BCUT2D eigenvalue weighted by Gasteiger charge is -2.31. The van der Waals surface area contributed by atoms with Gasteiger partial charge in [0.2, 0.25) is 0 Å². The predicted molar refractivity (Wildman–Crippen MR) is 83.7 cm³/mol. The van der Waals surface area contributed by atoms with E-state index in [4.69, 9.17) is 10.6 Å². The van der Waals surface area contributed by atoms with Crippen molar-refractivity contribution in [3.05, 3.63) is 29.8 Å². The number of rotatable bonds is 5. The van der Waals surface area contributed by atoms with Crippen molar-refractivity contribution in [3.63, 3.8) is 0 Å². The molecule has 0 amide bonds. The van der Waals surface area contributed by atoms with Crippen molar-refractivity contribution < 1.29 is 13.2 Å². The summed E-state index contributed by atoms with van der Waals surface area (Å²) in [5, 5.41) is -0.492. The van der Waals surface area contributed by atoms with Gasteiger partial charge in [-0.2, -0.15) is 0 Å². The summed E-state index contributed by atoms with van der Waals surface area (Å²) in [5.74, 6) is 6.62. The van der Waals surface area contributed by atoms with Crippen LogP contribution < -0.4 is 16.0 Å². The highest BCUT2D eigenvalue weighted by Crippen LogP contribution is 2.34. The third kappa shape index (κ3) is 3.75. The minimum Gasteiger partial charge on any atom is -0.491 e. The zero-order valence-corrected chi connectivity index (χ0v) is 13.4. The van der Waals surface area contributed by atoms with Crippen molar-refractivity contribution in [1.82, 2.24) is 5.43 Å². The number of nitrogens with one attached hydrogen (secondary N) is 1. The topological polar surface area (TPSA) is 81.4 Å². The van der Waals surface area contributed by atoms with Crippen LogP contribution in [0.2, 0.25) is 0 Å². The molecule has 6 heteroatoms. The molecular weight excluding hydrogens is 288 g/mol. The first-order valence-corrected chi connectivity index (χ1v) is 9.10. The fourth-order valence-electron chi connectivity index (χ4n) is 2.85. The van der Waals surface area contributed by atoms with E-state index in [-0.39, 0.29) is 11.9 Å². The Labute approximate surface area is 126 Å². The van der Waals surface area contributed by atoms with Crippen molar-refractivity contribution >= 4 is 9.84 Å². The molecule has 2 unspecified atom stereocenters. The van der Waals surface area contributed by atoms with Gasteiger partial charge in [-0.05, 0) is 32.8 Å². The van der Waals surface area contributed by atoms with Gasteiger partial charge in [0.25, 0.3) is 0 Å². The SMILES string of the molecule is CC(C)Oc1ccccc1C(NN)C1CCCCS1(=O)=O. The predicted octanol–water partition coefficient (Wildman–Crippen LogP) is 1.95. The van der Waals surface area contributed by atoms with Crippen LogP contribution in [0.15, 0.2) is 24.3 Å². The Bertz CT molecular complexity index is 572. The average Bonchev–Trinajstić information content (AvgIpc) is 2.42. The Kier molecular flexibility index (Phi) is 5.24. The minimum atomic E-state index is -3.13. The van der Waals surface area contributed by atoms with Crippen molar-refractivity contribution in [3.8, 4) is 5.75 Å². The number of hydrazine groups is 1. The van der Waals surface area contributed by atoms with Gasteiger partial charge in [0.15, 0.2) is 9.84 Å². The largest absolute Gasteiger partial charge is 0.491 e. The monoisotopic (exact) mass is 312 g/mol. The molecule has 1 fully saturated rings. The Morgan fingerprint density at radius 1 is 1.29 bits per heavy atom. The standard InChI is InChI=1S/C15H24N2O3S/c1-11(2)20-13-8-4-3-7-12(13)15(17-16)14-9-5-6-10-21(14,18)19/h3-4,7-8,11,14-15,17H,5-6,9-10,16H2,1-2H3. The number of para-hydroxylation sites is 1. The second kappa shape index (κ2) is 6.77. The van der Waals surface area contributed by atoms with Gasteiger partial charge in [-0.15, -0.1) is 0 Å². The zero-order chi connectivity index (χ0) is 15.5. The van der Waals surface area contributed by atoms with Gasteiger partial charge >= 0.3 is 0 Å². The maximum atomic E-state index is 12.4. The number of benzene rings is 1. The average molecular weight is 312 g/mol. The lowest BCUT2D eigenvalue weighted by molar-refractivity contribution is 0.237. The third-order valence-electron chi connectivity index (χ3n) is 3.80. The van der Waals surface area contributed by atoms with Gasteiger partial charge in [0.05, 0.1) is 23.1 Å². The Hall–Kier alpha value is -1.11. The summed E-state index contributed by atoms with van der Waals surface area (Å²) in [6.45, 7) is 3.89. The van der Waals surface area contributed by atoms with Crippen LogP contribution in [0.25, 0.3) is 0 Å². The molecular formula is C15H24N2O3S. The Balaban J connectivity index is 2.37. The first-order chi connectivity index (χ1) is 9.95. The molecule has 2 atom stereocenters. The normalized spacial score (nSPS) is 23.0.